The Labute approximate surface area is 230 Å². The van der Waals surface area contributed by atoms with Crippen LogP contribution in [0, 0.1) is 0 Å². The molecule has 8 nitrogen and oxygen atoms in total. The summed E-state index contributed by atoms with van der Waals surface area (Å²) < 4.78 is 17.1. The van der Waals surface area contributed by atoms with E-state index in [2.05, 4.69) is 15.3 Å². The van der Waals surface area contributed by atoms with E-state index in [9.17, 15) is 4.79 Å². The third-order valence-electron chi connectivity index (χ3n) is 7.18. The maximum Gasteiger partial charge on any atom is 0.410 e. The first-order valence-corrected chi connectivity index (χ1v) is 14.3. The number of nitrogens with zero attached hydrogens (tertiary/aromatic N) is 3. The van der Waals surface area contributed by atoms with Gasteiger partial charge in [-0.1, -0.05) is 30.7 Å². The number of nitrogens with one attached hydrogen (secondary N) is 1. The number of hydrogen-bond donors (Lipinski definition) is 1. The fraction of sp³-hybridized carbons (Fsp3) is 0.516. The van der Waals surface area contributed by atoms with Crippen molar-refractivity contribution >= 4 is 28.3 Å². The number of likely N-dealkylation sites (tertiary alicyclic amines) is 1. The van der Waals surface area contributed by atoms with Gasteiger partial charge in [-0.15, -0.1) is 0 Å². The van der Waals surface area contributed by atoms with Gasteiger partial charge in [-0.3, -0.25) is 0 Å². The Morgan fingerprint density at radius 1 is 0.897 bits per heavy atom. The van der Waals surface area contributed by atoms with Crippen LogP contribution in [-0.4, -0.2) is 51.7 Å². The summed E-state index contributed by atoms with van der Waals surface area (Å²) in [5, 5.41) is 3.51. The SMILES string of the molecule is CC(C)(C)OC(=O)N1CCCCC1Cc1nc2ccccc2o1.c1ccc2oc(CC3CCCCN3)nc2c1. The quantitative estimate of drug-likeness (QED) is 0.314. The van der Waals surface area contributed by atoms with Gasteiger partial charge in [0.15, 0.2) is 22.9 Å². The van der Waals surface area contributed by atoms with Gasteiger partial charge in [0, 0.05) is 31.5 Å². The molecule has 0 spiro atoms. The molecule has 2 unspecified atom stereocenters. The number of hydrogen-bond acceptors (Lipinski definition) is 7. The van der Waals surface area contributed by atoms with E-state index in [1.54, 1.807) is 0 Å². The molecule has 4 heterocycles. The highest BCUT2D eigenvalue weighted by molar-refractivity contribution is 5.73. The number of rotatable bonds is 4. The number of para-hydroxylation sites is 4. The molecule has 0 aliphatic carbocycles. The predicted molar refractivity (Wildman–Crippen MR) is 152 cm³/mol. The van der Waals surface area contributed by atoms with Crippen LogP contribution in [0.5, 0.6) is 0 Å². The molecule has 39 heavy (non-hydrogen) atoms. The van der Waals surface area contributed by atoms with Crippen molar-refractivity contribution in [1.29, 1.82) is 0 Å². The molecule has 2 aliphatic heterocycles. The minimum Gasteiger partial charge on any atom is -0.444 e. The Balaban J connectivity index is 0.000000168. The molecule has 2 aliphatic rings. The van der Waals surface area contributed by atoms with Crippen LogP contribution in [0.15, 0.2) is 57.4 Å². The molecule has 1 N–H and O–H groups in total. The van der Waals surface area contributed by atoms with Crippen molar-refractivity contribution in [3.63, 3.8) is 0 Å². The van der Waals surface area contributed by atoms with Crippen LogP contribution in [0.4, 0.5) is 4.79 Å². The number of carbonyl (C=O) groups excluding carboxylic acids is 1. The average Bonchev–Trinajstić information content (AvgIpc) is 3.52. The van der Waals surface area contributed by atoms with Gasteiger partial charge in [0.1, 0.15) is 16.6 Å². The molecule has 0 radical (unpaired) electrons. The molecule has 0 saturated carbocycles. The number of carbonyl (C=O) groups is 1. The lowest BCUT2D eigenvalue weighted by atomic mass is 10.00. The molecule has 8 heteroatoms. The Morgan fingerprint density at radius 3 is 2.10 bits per heavy atom. The second-order valence-corrected chi connectivity index (χ2v) is 11.5. The normalized spacial score (nSPS) is 20.0. The molecule has 0 bridgehead atoms. The van der Waals surface area contributed by atoms with Crippen LogP contribution in [0.1, 0.15) is 71.1 Å². The zero-order valence-corrected chi connectivity index (χ0v) is 23.3. The number of oxazole rings is 2. The second-order valence-electron chi connectivity index (χ2n) is 11.5. The minimum absolute atomic E-state index is 0.0895. The summed E-state index contributed by atoms with van der Waals surface area (Å²) in [6.45, 7) is 7.55. The molecular weight excluding hydrogens is 492 g/mol. The number of aromatic nitrogens is 2. The maximum absolute atomic E-state index is 12.4. The number of benzene rings is 2. The highest BCUT2D eigenvalue weighted by Gasteiger charge is 2.31. The molecule has 2 saturated heterocycles. The molecule has 2 atom stereocenters. The van der Waals surface area contributed by atoms with E-state index >= 15 is 0 Å². The number of ether oxygens (including phenoxy) is 1. The van der Waals surface area contributed by atoms with Crippen LogP contribution in [0.2, 0.25) is 0 Å². The van der Waals surface area contributed by atoms with Crippen LogP contribution in [0.25, 0.3) is 22.2 Å². The summed E-state index contributed by atoms with van der Waals surface area (Å²) in [5.41, 5.74) is 3.04. The Hall–Kier alpha value is -3.39. The van der Waals surface area contributed by atoms with E-state index in [1.807, 2.05) is 74.2 Å². The zero-order valence-electron chi connectivity index (χ0n) is 23.3. The Bertz CT molecular complexity index is 1300. The summed E-state index contributed by atoms with van der Waals surface area (Å²) >= 11 is 0. The lowest BCUT2D eigenvalue weighted by molar-refractivity contribution is 0.00935. The van der Waals surface area contributed by atoms with E-state index < -0.39 is 5.60 Å². The molecule has 2 aromatic heterocycles. The molecule has 6 rings (SSSR count). The van der Waals surface area contributed by atoms with Gasteiger partial charge in [0.25, 0.3) is 0 Å². The summed E-state index contributed by atoms with van der Waals surface area (Å²) in [7, 11) is 0. The Kier molecular flexibility index (Phi) is 8.50. The van der Waals surface area contributed by atoms with Crippen molar-refractivity contribution < 1.29 is 18.4 Å². The molecular formula is C31H40N4O4. The van der Waals surface area contributed by atoms with Gasteiger partial charge < -0.3 is 23.8 Å². The third-order valence-corrected chi connectivity index (χ3v) is 7.18. The highest BCUT2D eigenvalue weighted by Crippen LogP contribution is 2.25. The van der Waals surface area contributed by atoms with Gasteiger partial charge in [0.2, 0.25) is 0 Å². The molecule has 208 valence electrons. The Morgan fingerprint density at radius 2 is 1.51 bits per heavy atom. The number of amides is 1. The van der Waals surface area contributed by atoms with Gasteiger partial charge in [-0.25, -0.2) is 14.8 Å². The molecule has 4 aromatic rings. The van der Waals surface area contributed by atoms with Crippen molar-refractivity contribution in [3.8, 4) is 0 Å². The summed E-state index contributed by atoms with van der Waals surface area (Å²) in [5.74, 6) is 1.55. The van der Waals surface area contributed by atoms with E-state index in [0.29, 0.717) is 18.4 Å². The fourth-order valence-corrected chi connectivity index (χ4v) is 5.30. The largest absolute Gasteiger partial charge is 0.444 e. The third kappa shape index (κ3) is 7.38. The highest BCUT2D eigenvalue weighted by atomic mass is 16.6. The van der Waals surface area contributed by atoms with E-state index in [1.165, 1.54) is 19.3 Å². The van der Waals surface area contributed by atoms with E-state index in [-0.39, 0.29) is 12.1 Å². The fourth-order valence-electron chi connectivity index (χ4n) is 5.30. The smallest absolute Gasteiger partial charge is 0.410 e. The number of piperidine rings is 2. The first kappa shape index (κ1) is 27.2. The molecule has 2 aromatic carbocycles. The van der Waals surface area contributed by atoms with E-state index in [0.717, 1.165) is 66.9 Å². The van der Waals surface area contributed by atoms with Crippen LogP contribution in [-0.2, 0) is 17.6 Å². The van der Waals surface area contributed by atoms with Crippen molar-refractivity contribution in [2.24, 2.45) is 0 Å². The van der Waals surface area contributed by atoms with Crippen molar-refractivity contribution in [3.05, 3.63) is 60.3 Å². The van der Waals surface area contributed by atoms with Crippen LogP contribution >= 0.6 is 0 Å². The maximum atomic E-state index is 12.4. The summed E-state index contributed by atoms with van der Waals surface area (Å²) in [6, 6.07) is 16.3. The lowest BCUT2D eigenvalue weighted by Gasteiger charge is -2.36. The summed E-state index contributed by atoms with van der Waals surface area (Å²) in [4.78, 5) is 23.3. The number of fused-ring (bicyclic) bond motifs is 2. The zero-order chi connectivity index (χ0) is 27.2. The van der Waals surface area contributed by atoms with Crippen molar-refractivity contribution in [2.75, 3.05) is 13.1 Å². The summed E-state index contributed by atoms with van der Waals surface area (Å²) in [6.07, 6.45) is 8.24. The average molecular weight is 533 g/mol. The monoisotopic (exact) mass is 532 g/mol. The van der Waals surface area contributed by atoms with Gasteiger partial charge in [0.05, 0.1) is 0 Å². The topological polar surface area (TPSA) is 93.6 Å². The minimum atomic E-state index is -0.476. The van der Waals surface area contributed by atoms with Crippen molar-refractivity contribution in [2.45, 2.75) is 89.8 Å². The van der Waals surface area contributed by atoms with E-state index in [4.69, 9.17) is 13.6 Å². The van der Waals surface area contributed by atoms with Crippen molar-refractivity contribution in [1.82, 2.24) is 20.2 Å². The van der Waals surface area contributed by atoms with Crippen LogP contribution < -0.4 is 5.32 Å². The first-order valence-electron chi connectivity index (χ1n) is 14.3. The van der Waals surface area contributed by atoms with Gasteiger partial charge in [-0.2, -0.15) is 0 Å². The molecule has 2 fully saturated rings. The lowest BCUT2D eigenvalue weighted by Crippen LogP contribution is -2.47. The van der Waals surface area contributed by atoms with Crippen LogP contribution in [0.3, 0.4) is 0 Å². The first-order chi connectivity index (χ1) is 18.8. The second kappa shape index (κ2) is 12.2. The standard InChI is InChI=1S/C18H24N2O3.C13H16N2O/c1-18(2,3)23-17(21)20-11-7-6-8-13(20)12-16-19-14-9-4-5-10-15(14)22-16;1-2-7-12-11(6-1)15-13(16-12)9-10-5-3-4-8-14-10/h4-5,9-10,13H,6-8,11-12H2,1-3H3;1-2,6-7,10,14H,3-5,8-9H2. The predicted octanol–water partition coefficient (Wildman–Crippen LogP) is 6.67. The molecule has 1 amide bonds. The van der Waals surface area contributed by atoms with Gasteiger partial charge in [-0.05, 0) is 83.7 Å². The van der Waals surface area contributed by atoms with Gasteiger partial charge >= 0.3 is 6.09 Å².